The lowest BCUT2D eigenvalue weighted by Gasteiger charge is -2.45. The number of likely N-dealkylation sites (tertiary alicyclic amines) is 1. The van der Waals surface area contributed by atoms with Gasteiger partial charge in [0.2, 0.25) is 0 Å². The maximum absolute atomic E-state index is 13.5. The lowest BCUT2D eigenvalue weighted by Crippen LogP contribution is -2.54. The number of hydrogen-bond acceptors (Lipinski definition) is 4. The van der Waals surface area contributed by atoms with Crippen LogP contribution in [0.1, 0.15) is 63.6 Å². The lowest BCUT2D eigenvalue weighted by atomic mass is 9.92. The SMILES string of the molecule is CC(C)(C)OC(=O)c1ncn2c1C(C)(C)N(C(=O)N1CCCC1)c1ccccc1-2. The first-order valence-corrected chi connectivity index (χ1v) is 10.1. The summed E-state index contributed by atoms with van der Waals surface area (Å²) in [6.07, 6.45) is 3.68. The number of hydrogen-bond donors (Lipinski definition) is 0. The van der Waals surface area contributed by atoms with E-state index in [1.165, 1.54) is 0 Å². The molecule has 2 aliphatic rings. The fraction of sp³-hybridized carbons (Fsp3) is 0.500. The van der Waals surface area contributed by atoms with Crippen LogP contribution >= 0.6 is 0 Å². The third kappa shape index (κ3) is 3.18. The number of anilines is 1. The zero-order chi connectivity index (χ0) is 21.0. The third-order valence-electron chi connectivity index (χ3n) is 5.45. The smallest absolute Gasteiger partial charge is 0.359 e. The molecule has 0 spiro atoms. The van der Waals surface area contributed by atoms with Gasteiger partial charge in [-0.2, -0.15) is 0 Å². The average Bonchev–Trinajstić information content (AvgIpc) is 3.30. The van der Waals surface area contributed by atoms with Crippen molar-refractivity contribution in [2.45, 2.75) is 58.6 Å². The van der Waals surface area contributed by atoms with Crippen LogP contribution in [-0.2, 0) is 10.3 Å². The number of fused-ring (bicyclic) bond motifs is 3. The van der Waals surface area contributed by atoms with E-state index in [0.29, 0.717) is 5.69 Å². The predicted molar refractivity (Wildman–Crippen MR) is 110 cm³/mol. The van der Waals surface area contributed by atoms with Crippen molar-refractivity contribution in [2.24, 2.45) is 0 Å². The Morgan fingerprint density at radius 3 is 2.31 bits per heavy atom. The number of para-hydroxylation sites is 2. The van der Waals surface area contributed by atoms with Crippen molar-refractivity contribution in [1.82, 2.24) is 14.5 Å². The quantitative estimate of drug-likeness (QED) is 0.681. The molecule has 2 amide bonds. The number of imidazole rings is 1. The van der Waals surface area contributed by atoms with E-state index in [0.717, 1.165) is 37.3 Å². The number of urea groups is 1. The van der Waals surface area contributed by atoms with E-state index in [1.54, 1.807) is 11.2 Å². The normalized spacial score (nSPS) is 17.7. The Hall–Kier alpha value is -2.83. The van der Waals surface area contributed by atoms with Gasteiger partial charge in [-0.25, -0.2) is 14.6 Å². The fourth-order valence-electron chi connectivity index (χ4n) is 4.25. The molecule has 154 valence electrons. The Labute approximate surface area is 171 Å². The summed E-state index contributed by atoms with van der Waals surface area (Å²) in [6.45, 7) is 10.9. The van der Waals surface area contributed by atoms with Gasteiger partial charge in [-0.15, -0.1) is 0 Å². The van der Waals surface area contributed by atoms with Crippen LogP contribution in [-0.4, -0.2) is 45.1 Å². The molecule has 1 aromatic heterocycles. The molecular formula is C22H28N4O3. The first kappa shape index (κ1) is 19.5. The van der Waals surface area contributed by atoms with Crippen molar-refractivity contribution in [3.8, 4) is 5.69 Å². The maximum Gasteiger partial charge on any atom is 0.359 e. The van der Waals surface area contributed by atoms with Gasteiger partial charge < -0.3 is 9.64 Å². The van der Waals surface area contributed by atoms with Crippen molar-refractivity contribution in [3.63, 3.8) is 0 Å². The molecule has 4 rings (SSSR count). The Bertz CT molecular complexity index is 965. The van der Waals surface area contributed by atoms with E-state index < -0.39 is 17.1 Å². The molecule has 0 saturated carbocycles. The summed E-state index contributed by atoms with van der Waals surface area (Å²) in [5, 5.41) is 0. The standard InChI is InChI=1S/C22H28N4O3/c1-21(2,3)29-19(27)17-18-22(4,5)26(20(28)24-12-8-9-13-24)16-11-7-6-10-15(16)25(18)14-23-17/h6-7,10-11,14H,8-9,12-13H2,1-5H3. The number of carbonyl (C=O) groups is 2. The maximum atomic E-state index is 13.5. The van der Waals surface area contributed by atoms with Crippen LogP contribution < -0.4 is 4.90 Å². The molecule has 2 aliphatic heterocycles. The summed E-state index contributed by atoms with van der Waals surface area (Å²) < 4.78 is 7.50. The number of ether oxygens (including phenoxy) is 1. The van der Waals surface area contributed by atoms with Crippen LogP contribution in [0.5, 0.6) is 0 Å². The van der Waals surface area contributed by atoms with E-state index in [2.05, 4.69) is 4.98 Å². The van der Waals surface area contributed by atoms with Crippen LogP contribution in [0.15, 0.2) is 30.6 Å². The van der Waals surface area contributed by atoms with E-state index in [1.807, 2.05) is 68.4 Å². The van der Waals surface area contributed by atoms with Crippen LogP contribution in [0.2, 0.25) is 0 Å². The first-order valence-electron chi connectivity index (χ1n) is 10.1. The molecule has 0 atom stereocenters. The van der Waals surface area contributed by atoms with Gasteiger partial charge in [-0.05, 0) is 59.6 Å². The Morgan fingerprint density at radius 1 is 1.07 bits per heavy atom. The molecule has 2 aromatic rings. The number of aromatic nitrogens is 2. The van der Waals surface area contributed by atoms with Gasteiger partial charge in [0.1, 0.15) is 11.9 Å². The third-order valence-corrected chi connectivity index (χ3v) is 5.45. The Balaban J connectivity index is 1.86. The average molecular weight is 396 g/mol. The molecule has 3 heterocycles. The molecule has 7 nitrogen and oxygen atoms in total. The summed E-state index contributed by atoms with van der Waals surface area (Å²) in [5.41, 5.74) is 1.15. The van der Waals surface area contributed by atoms with Crippen LogP contribution in [0.3, 0.4) is 0 Å². The van der Waals surface area contributed by atoms with Crippen LogP contribution in [0.25, 0.3) is 5.69 Å². The summed E-state index contributed by atoms with van der Waals surface area (Å²) in [5.74, 6) is -0.479. The summed E-state index contributed by atoms with van der Waals surface area (Å²) >= 11 is 0. The Kier molecular flexibility index (Phi) is 4.44. The number of carbonyl (C=O) groups excluding carboxylic acids is 2. The molecule has 1 fully saturated rings. The number of nitrogens with zero attached hydrogens (tertiary/aromatic N) is 4. The second-order valence-corrected chi connectivity index (χ2v) is 9.17. The highest BCUT2D eigenvalue weighted by Crippen LogP contribution is 2.44. The second kappa shape index (κ2) is 6.61. The number of rotatable bonds is 1. The van der Waals surface area contributed by atoms with Crippen molar-refractivity contribution < 1.29 is 14.3 Å². The monoisotopic (exact) mass is 396 g/mol. The number of amides is 2. The second-order valence-electron chi connectivity index (χ2n) is 9.17. The summed E-state index contributed by atoms with van der Waals surface area (Å²) in [7, 11) is 0. The van der Waals surface area contributed by atoms with Crippen molar-refractivity contribution in [1.29, 1.82) is 0 Å². The minimum atomic E-state index is -0.781. The van der Waals surface area contributed by atoms with Crippen molar-refractivity contribution in [3.05, 3.63) is 42.0 Å². The minimum Gasteiger partial charge on any atom is -0.455 e. The summed E-state index contributed by atoms with van der Waals surface area (Å²) in [6, 6.07) is 7.70. The minimum absolute atomic E-state index is 0.0393. The zero-order valence-corrected chi connectivity index (χ0v) is 17.7. The van der Waals surface area contributed by atoms with Gasteiger partial charge >= 0.3 is 12.0 Å². The highest BCUT2D eigenvalue weighted by Gasteiger charge is 2.46. The van der Waals surface area contributed by atoms with Gasteiger partial charge in [-0.3, -0.25) is 9.47 Å². The largest absolute Gasteiger partial charge is 0.455 e. The highest BCUT2D eigenvalue weighted by atomic mass is 16.6. The van der Waals surface area contributed by atoms with Gasteiger partial charge in [0, 0.05) is 13.1 Å². The summed E-state index contributed by atoms with van der Waals surface area (Å²) in [4.78, 5) is 34.5. The van der Waals surface area contributed by atoms with Crippen LogP contribution in [0, 0.1) is 0 Å². The lowest BCUT2D eigenvalue weighted by molar-refractivity contribution is 0.00601. The molecule has 29 heavy (non-hydrogen) atoms. The van der Waals surface area contributed by atoms with Gasteiger partial charge in [-0.1, -0.05) is 12.1 Å². The number of benzene rings is 1. The van der Waals surface area contributed by atoms with Crippen molar-refractivity contribution in [2.75, 3.05) is 18.0 Å². The molecule has 1 aromatic carbocycles. The van der Waals surface area contributed by atoms with Gasteiger partial charge in [0.25, 0.3) is 0 Å². The molecule has 0 N–H and O–H groups in total. The zero-order valence-electron chi connectivity index (χ0n) is 17.7. The van der Waals surface area contributed by atoms with E-state index >= 15 is 0 Å². The van der Waals surface area contributed by atoms with E-state index in [-0.39, 0.29) is 11.7 Å². The van der Waals surface area contributed by atoms with Gasteiger partial charge in [0.15, 0.2) is 5.69 Å². The van der Waals surface area contributed by atoms with Crippen LogP contribution in [0.4, 0.5) is 10.5 Å². The van der Waals surface area contributed by atoms with Crippen molar-refractivity contribution >= 4 is 17.7 Å². The fourth-order valence-corrected chi connectivity index (χ4v) is 4.25. The predicted octanol–water partition coefficient (Wildman–Crippen LogP) is 4.10. The topological polar surface area (TPSA) is 67.7 Å². The molecular weight excluding hydrogens is 368 g/mol. The van der Waals surface area contributed by atoms with E-state index in [4.69, 9.17) is 4.74 Å². The number of esters is 1. The first-order chi connectivity index (χ1) is 13.6. The molecule has 7 heteroatoms. The van der Waals surface area contributed by atoms with Gasteiger partial charge in [0.05, 0.1) is 22.6 Å². The Morgan fingerprint density at radius 2 is 1.69 bits per heavy atom. The molecule has 1 saturated heterocycles. The molecule has 0 aliphatic carbocycles. The molecule has 0 radical (unpaired) electrons. The molecule has 0 bridgehead atoms. The molecule has 0 unspecified atom stereocenters. The highest BCUT2D eigenvalue weighted by molar-refractivity contribution is 5.99. The van der Waals surface area contributed by atoms with E-state index in [9.17, 15) is 9.59 Å².